The van der Waals surface area contributed by atoms with Crippen LogP contribution >= 0.6 is 0 Å². The van der Waals surface area contributed by atoms with Crippen molar-refractivity contribution in [2.24, 2.45) is 5.92 Å². The van der Waals surface area contributed by atoms with Crippen molar-refractivity contribution >= 4 is 5.91 Å². The SMILES string of the molecule is O=C(N1CCC(NCC2CC2)CC1)C1(c2cccc(F)c2)CCC1. The van der Waals surface area contributed by atoms with E-state index in [-0.39, 0.29) is 11.7 Å². The topological polar surface area (TPSA) is 32.3 Å². The minimum absolute atomic E-state index is 0.222. The lowest BCUT2D eigenvalue weighted by Gasteiger charge is -2.45. The van der Waals surface area contributed by atoms with E-state index in [0.717, 1.165) is 63.2 Å². The molecule has 1 aliphatic heterocycles. The third kappa shape index (κ3) is 3.08. The number of nitrogens with one attached hydrogen (secondary N) is 1. The predicted octanol–water partition coefficient (Wildman–Crippen LogP) is 3.24. The minimum atomic E-state index is -0.462. The van der Waals surface area contributed by atoms with Crippen molar-refractivity contribution in [3.63, 3.8) is 0 Å². The van der Waals surface area contributed by atoms with Gasteiger partial charge in [0.15, 0.2) is 0 Å². The summed E-state index contributed by atoms with van der Waals surface area (Å²) in [6.45, 7) is 2.81. The zero-order valence-electron chi connectivity index (χ0n) is 14.3. The molecule has 0 unspecified atom stereocenters. The molecule has 0 atom stereocenters. The van der Waals surface area contributed by atoms with Gasteiger partial charge in [0, 0.05) is 19.1 Å². The second-order valence-electron chi connectivity index (χ2n) is 7.86. The molecule has 2 aliphatic carbocycles. The molecule has 1 aromatic rings. The predicted molar refractivity (Wildman–Crippen MR) is 92.3 cm³/mol. The average Bonchev–Trinajstić information content (AvgIpc) is 3.37. The molecule has 130 valence electrons. The minimum Gasteiger partial charge on any atom is -0.342 e. The number of piperidine rings is 1. The van der Waals surface area contributed by atoms with Crippen LogP contribution in [0.1, 0.15) is 50.5 Å². The van der Waals surface area contributed by atoms with E-state index in [9.17, 15) is 9.18 Å². The Hall–Kier alpha value is -1.42. The molecule has 4 heteroatoms. The Morgan fingerprint density at radius 3 is 2.54 bits per heavy atom. The van der Waals surface area contributed by atoms with E-state index in [1.54, 1.807) is 12.1 Å². The molecule has 3 fully saturated rings. The fraction of sp³-hybridized carbons (Fsp3) is 0.650. The zero-order chi connectivity index (χ0) is 16.6. The Bertz CT molecular complexity index is 601. The third-order valence-electron chi connectivity index (χ3n) is 6.17. The first-order valence-corrected chi connectivity index (χ1v) is 9.46. The van der Waals surface area contributed by atoms with Crippen LogP contribution in [-0.4, -0.2) is 36.5 Å². The van der Waals surface area contributed by atoms with Crippen molar-refractivity contribution in [3.8, 4) is 0 Å². The summed E-state index contributed by atoms with van der Waals surface area (Å²) in [6.07, 6.45) is 7.60. The maximum atomic E-state index is 13.6. The summed E-state index contributed by atoms with van der Waals surface area (Å²) in [5, 5.41) is 3.66. The summed E-state index contributed by atoms with van der Waals surface area (Å²) in [5.74, 6) is 0.880. The molecule has 0 bridgehead atoms. The van der Waals surface area contributed by atoms with Crippen molar-refractivity contribution in [2.75, 3.05) is 19.6 Å². The highest BCUT2D eigenvalue weighted by atomic mass is 19.1. The van der Waals surface area contributed by atoms with Gasteiger partial charge < -0.3 is 10.2 Å². The van der Waals surface area contributed by atoms with E-state index in [2.05, 4.69) is 5.32 Å². The first kappa shape index (κ1) is 16.1. The summed E-state index contributed by atoms with van der Waals surface area (Å²) in [5.41, 5.74) is 0.406. The first-order valence-electron chi connectivity index (χ1n) is 9.46. The highest BCUT2D eigenvalue weighted by molar-refractivity contribution is 5.89. The molecule has 1 heterocycles. The van der Waals surface area contributed by atoms with Crippen LogP contribution < -0.4 is 5.32 Å². The van der Waals surface area contributed by atoms with Crippen LogP contribution in [0.4, 0.5) is 4.39 Å². The molecule has 1 saturated heterocycles. The molecular weight excluding hydrogens is 303 g/mol. The highest BCUT2D eigenvalue weighted by Gasteiger charge is 2.48. The quantitative estimate of drug-likeness (QED) is 0.899. The molecular formula is C20H27FN2O. The number of rotatable bonds is 5. The number of likely N-dealkylation sites (tertiary alicyclic amines) is 1. The summed E-state index contributed by atoms with van der Waals surface area (Å²) in [7, 11) is 0. The second kappa shape index (κ2) is 6.47. The van der Waals surface area contributed by atoms with Crippen LogP contribution in [0.15, 0.2) is 24.3 Å². The van der Waals surface area contributed by atoms with Gasteiger partial charge in [-0.05, 0) is 68.7 Å². The van der Waals surface area contributed by atoms with Crippen LogP contribution in [-0.2, 0) is 10.2 Å². The van der Waals surface area contributed by atoms with E-state index in [4.69, 9.17) is 0 Å². The normalized spacial score (nSPS) is 23.8. The maximum Gasteiger partial charge on any atom is 0.233 e. The number of carbonyl (C=O) groups is 1. The van der Waals surface area contributed by atoms with Crippen LogP contribution in [0.3, 0.4) is 0 Å². The maximum absolute atomic E-state index is 13.6. The van der Waals surface area contributed by atoms with Crippen molar-refractivity contribution in [3.05, 3.63) is 35.6 Å². The first-order chi connectivity index (χ1) is 11.7. The number of hydrogen-bond donors (Lipinski definition) is 1. The van der Waals surface area contributed by atoms with Crippen molar-refractivity contribution in [1.29, 1.82) is 0 Å². The Morgan fingerprint density at radius 2 is 1.96 bits per heavy atom. The smallest absolute Gasteiger partial charge is 0.233 e. The molecule has 1 aromatic carbocycles. The van der Waals surface area contributed by atoms with Gasteiger partial charge in [-0.1, -0.05) is 18.6 Å². The van der Waals surface area contributed by atoms with Gasteiger partial charge in [-0.25, -0.2) is 4.39 Å². The largest absolute Gasteiger partial charge is 0.342 e. The molecule has 1 amide bonds. The van der Waals surface area contributed by atoms with Gasteiger partial charge in [0.2, 0.25) is 5.91 Å². The van der Waals surface area contributed by atoms with Gasteiger partial charge in [-0.3, -0.25) is 4.79 Å². The van der Waals surface area contributed by atoms with Crippen molar-refractivity contribution in [1.82, 2.24) is 10.2 Å². The molecule has 3 aliphatic rings. The van der Waals surface area contributed by atoms with Crippen molar-refractivity contribution < 1.29 is 9.18 Å². The van der Waals surface area contributed by atoms with Gasteiger partial charge >= 0.3 is 0 Å². The van der Waals surface area contributed by atoms with E-state index in [1.807, 2.05) is 11.0 Å². The molecule has 2 saturated carbocycles. The Balaban J connectivity index is 1.39. The van der Waals surface area contributed by atoms with Crippen LogP contribution in [0.2, 0.25) is 0 Å². The molecule has 0 aromatic heterocycles. The Kier molecular flexibility index (Phi) is 4.33. The highest BCUT2D eigenvalue weighted by Crippen LogP contribution is 2.45. The third-order valence-corrected chi connectivity index (χ3v) is 6.17. The average molecular weight is 330 g/mol. The van der Waals surface area contributed by atoms with E-state index >= 15 is 0 Å². The summed E-state index contributed by atoms with van der Waals surface area (Å²) in [6, 6.07) is 7.22. The van der Waals surface area contributed by atoms with E-state index in [0.29, 0.717) is 6.04 Å². The van der Waals surface area contributed by atoms with Crippen LogP contribution in [0, 0.1) is 11.7 Å². The zero-order valence-corrected chi connectivity index (χ0v) is 14.3. The Labute approximate surface area is 143 Å². The number of nitrogens with zero attached hydrogens (tertiary/aromatic N) is 1. The Morgan fingerprint density at radius 1 is 1.21 bits per heavy atom. The fourth-order valence-electron chi connectivity index (χ4n) is 4.19. The van der Waals surface area contributed by atoms with E-state index < -0.39 is 5.41 Å². The summed E-state index contributed by atoms with van der Waals surface area (Å²) in [4.78, 5) is 15.2. The number of halogens is 1. The fourth-order valence-corrected chi connectivity index (χ4v) is 4.19. The van der Waals surface area contributed by atoms with Gasteiger partial charge in [0.25, 0.3) is 0 Å². The van der Waals surface area contributed by atoms with Gasteiger partial charge in [0.05, 0.1) is 5.41 Å². The van der Waals surface area contributed by atoms with Crippen LogP contribution in [0.5, 0.6) is 0 Å². The summed E-state index contributed by atoms with van der Waals surface area (Å²) >= 11 is 0. The van der Waals surface area contributed by atoms with Gasteiger partial charge in [-0.15, -0.1) is 0 Å². The van der Waals surface area contributed by atoms with E-state index in [1.165, 1.54) is 18.9 Å². The lowest BCUT2D eigenvalue weighted by Crippen LogP contribution is -2.54. The standard InChI is InChI=1S/C20H27FN2O/c21-17-4-1-3-16(13-17)20(9-2-10-20)19(24)23-11-7-18(8-12-23)22-14-15-5-6-15/h1,3-4,13,15,18,22H,2,5-12,14H2. The number of benzene rings is 1. The molecule has 4 rings (SSSR count). The van der Waals surface area contributed by atoms with Gasteiger partial charge in [-0.2, -0.15) is 0 Å². The number of hydrogen-bond acceptors (Lipinski definition) is 2. The molecule has 24 heavy (non-hydrogen) atoms. The lowest BCUT2D eigenvalue weighted by molar-refractivity contribution is -0.142. The second-order valence-corrected chi connectivity index (χ2v) is 7.86. The number of amides is 1. The monoisotopic (exact) mass is 330 g/mol. The lowest BCUT2D eigenvalue weighted by atomic mass is 9.63. The number of carbonyl (C=O) groups excluding carboxylic acids is 1. The summed E-state index contributed by atoms with van der Waals surface area (Å²) < 4.78 is 13.6. The van der Waals surface area contributed by atoms with Gasteiger partial charge in [0.1, 0.15) is 5.82 Å². The van der Waals surface area contributed by atoms with Crippen molar-refractivity contribution in [2.45, 2.75) is 56.4 Å². The van der Waals surface area contributed by atoms with Crippen LogP contribution in [0.25, 0.3) is 0 Å². The molecule has 0 radical (unpaired) electrons. The molecule has 1 N–H and O–H groups in total. The molecule has 0 spiro atoms. The molecule has 3 nitrogen and oxygen atoms in total.